The second-order valence-corrected chi connectivity index (χ2v) is 9.76. The predicted molar refractivity (Wildman–Crippen MR) is 98.6 cm³/mol. The Hall–Kier alpha value is 0.0200. The third kappa shape index (κ3) is 3.91. The van der Waals surface area contributed by atoms with Gasteiger partial charge in [-0.25, -0.2) is 9.18 Å². The number of esters is 1. The molecule has 2 heterocycles. The average Bonchev–Trinajstić information content (AvgIpc) is 2.97. The van der Waals surface area contributed by atoms with E-state index < -0.39 is 11.8 Å². The number of carbonyl (C=O) groups excluding carboxylic acids is 1. The fraction of sp³-hybridized carbons (Fsp3) is 0.533. The molecule has 0 fully saturated rings. The number of ether oxygens (including phenoxy) is 1. The summed E-state index contributed by atoms with van der Waals surface area (Å²) in [5.74, 6) is -0.481. The van der Waals surface area contributed by atoms with Crippen LogP contribution in [-0.4, -0.2) is 12.6 Å². The third-order valence-electron chi connectivity index (χ3n) is 3.62. The van der Waals surface area contributed by atoms with E-state index in [9.17, 15) is 9.18 Å². The maximum Gasteiger partial charge on any atom is 0.351 e. The van der Waals surface area contributed by atoms with Gasteiger partial charge in [-0.15, -0.1) is 22.7 Å². The van der Waals surface area contributed by atoms with Crippen LogP contribution in [0, 0.1) is 11.7 Å². The Labute approximate surface area is 154 Å². The molecule has 0 saturated heterocycles. The van der Waals surface area contributed by atoms with Gasteiger partial charge in [-0.3, -0.25) is 0 Å². The fourth-order valence-corrected chi connectivity index (χ4v) is 6.82. The molecule has 0 spiro atoms. The van der Waals surface area contributed by atoms with E-state index >= 15 is 0 Å². The standard InChI is InChI=1S/C15H17Br2FO2S2/c1-3-5-8(4-2)6-7-20-15(19)12-10(18)9-11(21-12)14(17)22-13(9)16/h8H,3-7H2,1-2H3. The van der Waals surface area contributed by atoms with Gasteiger partial charge >= 0.3 is 5.97 Å². The van der Waals surface area contributed by atoms with E-state index in [1.54, 1.807) is 0 Å². The van der Waals surface area contributed by atoms with Gasteiger partial charge < -0.3 is 4.74 Å². The van der Waals surface area contributed by atoms with Crippen LogP contribution in [0.1, 0.15) is 49.2 Å². The zero-order valence-corrected chi connectivity index (χ0v) is 17.2. The van der Waals surface area contributed by atoms with Crippen LogP contribution in [0.15, 0.2) is 7.57 Å². The smallest absolute Gasteiger partial charge is 0.351 e. The number of thiophene rings is 2. The molecule has 0 N–H and O–H groups in total. The SMILES string of the molecule is CCCC(CC)CCOC(=O)c1sc2c(Br)sc(Br)c2c1F. The predicted octanol–water partition coefficient (Wildman–Crippen LogP) is 7.00. The van der Waals surface area contributed by atoms with Gasteiger partial charge in [0.05, 0.1) is 24.3 Å². The topological polar surface area (TPSA) is 26.3 Å². The molecule has 0 aliphatic rings. The Balaban J connectivity index is 2.04. The monoisotopic (exact) mass is 470 g/mol. The van der Waals surface area contributed by atoms with Crippen molar-refractivity contribution in [1.29, 1.82) is 0 Å². The molecule has 122 valence electrons. The van der Waals surface area contributed by atoms with Gasteiger partial charge in [0.25, 0.3) is 0 Å². The van der Waals surface area contributed by atoms with E-state index in [-0.39, 0.29) is 4.88 Å². The van der Waals surface area contributed by atoms with Crippen molar-refractivity contribution in [3.05, 3.63) is 18.3 Å². The molecule has 2 nitrogen and oxygen atoms in total. The van der Waals surface area contributed by atoms with Crippen molar-refractivity contribution in [2.75, 3.05) is 6.61 Å². The van der Waals surface area contributed by atoms with Crippen molar-refractivity contribution in [2.45, 2.75) is 39.5 Å². The number of hydrogen-bond acceptors (Lipinski definition) is 4. The summed E-state index contributed by atoms with van der Waals surface area (Å²) in [6.45, 7) is 4.64. The van der Waals surface area contributed by atoms with Gasteiger partial charge in [-0.05, 0) is 44.2 Å². The van der Waals surface area contributed by atoms with Crippen LogP contribution < -0.4 is 0 Å². The number of fused-ring (bicyclic) bond motifs is 1. The van der Waals surface area contributed by atoms with Gasteiger partial charge in [0, 0.05) is 0 Å². The van der Waals surface area contributed by atoms with Gasteiger partial charge in [0.2, 0.25) is 0 Å². The van der Waals surface area contributed by atoms with Gasteiger partial charge in [0.1, 0.15) is 4.88 Å². The first-order valence-electron chi connectivity index (χ1n) is 7.22. The molecule has 0 saturated carbocycles. The Bertz CT molecular complexity index is 666. The molecule has 0 bridgehead atoms. The molecular weight excluding hydrogens is 455 g/mol. The highest BCUT2D eigenvalue weighted by molar-refractivity contribution is 9.12. The van der Waals surface area contributed by atoms with Gasteiger partial charge in [-0.1, -0.05) is 33.1 Å². The third-order valence-corrected chi connectivity index (χ3v) is 7.71. The molecule has 0 amide bonds. The van der Waals surface area contributed by atoms with E-state index in [1.165, 1.54) is 11.3 Å². The number of hydrogen-bond donors (Lipinski definition) is 0. The van der Waals surface area contributed by atoms with Crippen molar-refractivity contribution in [3.8, 4) is 0 Å². The normalized spacial score (nSPS) is 12.8. The average molecular weight is 472 g/mol. The highest BCUT2D eigenvalue weighted by atomic mass is 79.9. The zero-order valence-electron chi connectivity index (χ0n) is 12.4. The molecule has 0 aromatic carbocycles. The lowest BCUT2D eigenvalue weighted by Crippen LogP contribution is -2.10. The van der Waals surface area contributed by atoms with E-state index in [2.05, 4.69) is 45.7 Å². The quantitative estimate of drug-likeness (QED) is 0.406. The van der Waals surface area contributed by atoms with Crippen LogP contribution in [0.5, 0.6) is 0 Å². The van der Waals surface area contributed by atoms with Crippen molar-refractivity contribution >= 4 is 70.6 Å². The van der Waals surface area contributed by atoms with Crippen LogP contribution in [0.4, 0.5) is 4.39 Å². The van der Waals surface area contributed by atoms with Crippen LogP contribution in [0.25, 0.3) is 10.1 Å². The molecule has 0 aliphatic heterocycles. The van der Waals surface area contributed by atoms with Gasteiger partial charge in [0.15, 0.2) is 5.82 Å². The zero-order chi connectivity index (χ0) is 16.3. The summed E-state index contributed by atoms with van der Waals surface area (Å²) in [4.78, 5) is 12.2. The summed E-state index contributed by atoms with van der Waals surface area (Å²) in [7, 11) is 0. The molecule has 0 radical (unpaired) electrons. The van der Waals surface area contributed by atoms with E-state index in [0.717, 1.165) is 45.5 Å². The van der Waals surface area contributed by atoms with Gasteiger partial charge in [-0.2, -0.15) is 0 Å². The Morgan fingerprint density at radius 2 is 1.95 bits per heavy atom. The molecule has 22 heavy (non-hydrogen) atoms. The van der Waals surface area contributed by atoms with Crippen molar-refractivity contribution in [2.24, 2.45) is 5.92 Å². The second-order valence-electron chi connectivity index (χ2n) is 5.09. The van der Waals surface area contributed by atoms with E-state index in [0.29, 0.717) is 21.7 Å². The number of rotatable bonds is 7. The summed E-state index contributed by atoms with van der Waals surface area (Å²) < 4.78 is 21.9. The largest absolute Gasteiger partial charge is 0.461 e. The molecule has 2 aromatic heterocycles. The lowest BCUT2D eigenvalue weighted by molar-refractivity contribution is 0.0481. The van der Waals surface area contributed by atoms with E-state index in [4.69, 9.17) is 4.74 Å². The minimum absolute atomic E-state index is 0.0581. The van der Waals surface area contributed by atoms with Crippen LogP contribution in [0.3, 0.4) is 0 Å². The molecular formula is C15H17Br2FO2S2. The second kappa shape index (κ2) is 8.22. The molecule has 1 atom stereocenters. The lowest BCUT2D eigenvalue weighted by atomic mass is 9.98. The van der Waals surface area contributed by atoms with Crippen LogP contribution in [0.2, 0.25) is 0 Å². The Morgan fingerprint density at radius 3 is 2.55 bits per heavy atom. The number of halogens is 3. The van der Waals surface area contributed by atoms with Crippen LogP contribution in [-0.2, 0) is 4.74 Å². The van der Waals surface area contributed by atoms with E-state index in [1.807, 2.05) is 0 Å². The molecule has 0 aliphatic carbocycles. The molecule has 2 aromatic rings. The van der Waals surface area contributed by atoms with Crippen molar-refractivity contribution in [1.82, 2.24) is 0 Å². The Morgan fingerprint density at radius 1 is 1.23 bits per heavy atom. The highest BCUT2D eigenvalue weighted by Gasteiger charge is 2.24. The summed E-state index contributed by atoms with van der Waals surface area (Å²) >= 11 is 9.27. The first kappa shape index (κ1) is 18.4. The van der Waals surface area contributed by atoms with Crippen molar-refractivity contribution < 1.29 is 13.9 Å². The highest BCUT2D eigenvalue weighted by Crippen LogP contribution is 2.45. The minimum atomic E-state index is -0.561. The summed E-state index contributed by atoms with van der Waals surface area (Å²) in [6.07, 6.45) is 4.18. The summed E-state index contributed by atoms with van der Waals surface area (Å²) in [5.41, 5.74) is 0. The summed E-state index contributed by atoms with van der Waals surface area (Å²) in [5, 5.41) is 0.464. The maximum atomic E-state index is 14.4. The van der Waals surface area contributed by atoms with Crippen LogP contribution >= 0.6 is 54.5 Å². The first-order valence-corrected chi connectivity index (χ1v) is 10.4. The minimum Gasteiger partial charge on any atom is -0.461 e. The van der Waals surface area contributed by atoms with Crippen molar-refractivity contribution in [3.63, 3.8) is 0 Å². The molecule has 7 heteroatoms. The lowest BCUT2D eigenvalue weighted by Gasteiger charge is -2.13. The number of carbonyl (C=O) groups is 1. The maximum absolute atomic E-state index is 14.4. The Kier molecular flexibility index (Phi) is 6.86. The molecule has 2 rings (SSSR count). The summed E-state index contributed by atoms with van der Waals surface area (Å²) in [6, 6.07) is 0. The first-order chi connectivity index (χ1) is 10.5. The fourth-order valence-electron chi connectivity index (χ4n) is 2.38. The molecule has 1 unspecified atom stereocenters.